The molecule has 0 aliphatic carbocycles. The van der Waals surface area contributed by atoms with Gasteiger partial charge in [-0.1, -0.05) is 38.1 Å². The number of imidazole rings is 1. The number of amides is 1. The first-order valence-corrected chi connectivity index (χ1v) is 12.6. The number of aryl methyl sites for hydroxylation is 1. The maximum atomic E-state index is 13.3. The maximum absolute atomic E-state index is 13.3. The molecule has 0 unspecified atom stereocenters. The van der Waals surface area contributed by atoms with Crippen molar-refractivity contribution in [3.8, 4) is 5.75 Å². The first kappa shape index (κ1) is 25.6. The minimum absolute atomic E-state index is 0.119. The van der Waals surface area contributed by atoms with E-state index >= 15 is 0 Å². The van der Waals surface area contributed by atoms with E-state index in [0.717, 1.165) is 23.1 Å². The van der Waals surface area contributed by atoms with Gasteiger partial charge >= 0.3 is 6.18 Å². The average Bonchev–Trinajstić information content (AvgIpc) is 3.23. The van der Waals surface area contributed by atoms with Crippen molar-refractivity contribution in [2.75, 3.05) is 5.75 Å². The number of carbonyl (C=O) groups is 1. The average molecular weight is 514 g/mol. The largest absolute Gasteiger partial charge is 0.487 e. The van der Waals surface area contributed by atoms with Gasteiger partial charge in [0.15, 0.2) is 0 Å². The van der Waals surface area contributed by atoms with Crippen molar-refractivity contribution in [2.24, 2.45) is 0 Å². The van der Waals surface area contributed by atoms with Crippen LogP contribution in [-0.4, -0.2) is 21.0 Å². The minimum Gasteiger partial charge on any atom is -0.487 e. The van der Waals surface area contributed by atoms with Gasteiger partial charge in [0.1, 0.15) is 23.7 Å². The third-order valence-corrected chi connectivity index (χ3v) is 6.54. The summed E-state index contributed by atoms with van der Waals surface area (Å²) >= 11 is 1.76. The van der Waals surface area contributed by atoms with E-state index in [4.69, 9.17) is 4.74 Å². The van der Waals surface area contributed by atoms with E-state index in [0.29, 0.717) is 29.9 Å². The summed E-state index contributed by atoms with van der Waals surface area (Å²) in [6, 6.07) is 16.5. The number of hydrogen-bond acceptors (Lipinski definition) is 4. The smallest absolute Gasteiger partial charge is 0.419 e. The quantitative estimate of drug-likeness (QED) is 0.258. The number of benzene rings is 2. The van der Waals surface area contributed by atoms with Crippen LogP contribution in [0.5, 0.6) is 5.75 Å². The Labute approximate surface area is 211 Å². The van der Waals surface area contributed by atoms with Crippen LogP contribution in [0.15, 0.2) is 71.8 Å². The molecule has 0 fully saturated rings. The van der Waals surface area contributed by atoms with E-state index in [1.54, 1.807) is 30.1 Å². The zero-order chi connectivity index (χ0) is 25.7. The lowest BCUT2D eigenvalue weighted by Gasteiger charge is -2.13. The monoisotopic (exact) mass is 513 g/mol. The third kappa shape index (κ3) is 5.84. The Balaban J connectivity index is 1.48. The molecule has 2 heterocycles. The molecule has 0 radical (unpaired) electrons. The molecule has 1 N–H and O–H groups in total. The van der Waals surface area contributed by atoms with Crippen molar-refractivity contribution in [1.29, 1.82) is 0 Å². The number of nitrogens with zero attached hydrogens (tertiary/aromatic N) is 2. The number of halogens is 3. The highest BCUT2D eigenvalue weighted by Crippen LogP contribution is 2.36. The molecule has 0 atom stereocenters. The van der Waals surface area contributed by atoms with Crippen molar-refractivity contribution in [2.45, 2.75) is 44.5 Å². The van der Waals surface area contributed by atoms with Crippen LogP contribution in [0.3, 0.4) is 0 Å². The number of alkyl halides is 3. The van der Waals surface area contributed by atoms with Gasteiger partial charge in [0.25, 0.3) is 5.91 Å². The van der Waals surface area contributed by atoms with Crippen LogP contribution < -0.4 is 10.1 Å². The number of ether oxygens (including phenoxy) is 1. The topological polar surface area (TPSA) is 55.6 Å². The standard InChI is InChI=1S/C27H26F3N3O2S/c1-3-23-22(17-35-24-8-6-5-7-21(24)27(28,29)30)32-25-15-19(13-14-33(23)25)26(34)31-16-18-9-11-20(12-10-18)36-4-2/h5-15H,3-4,16-17H2,1-2H3,(H,31,34). The molecule has 0 aliphatic rings. The lowest BCUT2D eigenvalue weighted by Crippen LogP contribution is -2.22. The van der Waals surface area contributed by atoms with Crippen molar-refractivity contribution >= 4 is 23.3 Å². The Morgan fingerprint density at radius 1 is 1.08 bits per heavy atom. The number of nitrogens with one attached hydrogen (secondary N) is 1. The van der Waals surface area contributed by atoms with Crippen LogP contribution in [0.2, 0.25) is 0 Å². The molecule has 2 aromatic carbocycles. The second-order valence-corrected chi connectivity index (χ2v) is 9.38. The second kappa shape index (κ2) is 11.1. The molecule has 0 spiro atoms. The third-order valence-electron chi connectivity index (χ3n) is 5.65. The molecule has 4 rings (SSSR count). The van der Waals surface area contributed by atoms with Gasteiger partial charge in [-0.2, -0.15) is 13.2 Å². The number of thioether (sulfide) groups is 1. The second-order valence-electron chi connectivity index (χ2n) is 8.04. The highest BCUT2D eigenvalue weighted by molar-refractivity contribution is 7.99. The summed E-state index contributed by atoms with van der Waals surface area (Å²) in [7, 11) is 0. The number of hydrogen-bond donors (Lipinski definition) is 1. The molecule has 0 saturated carbocycles. The Kier molecular flexibility index (Phi) is 7.88. The van der Waals surface area contributed by atoms with E-state index in [9.17, 15) is 18.0 Å². The van der Waals surface area contributed by atoms with Crippen molar-refractivity contribution in [1.82, 2.24) is 14.7 Å². The van der Waals surface area contributed by atoms with Crippen LogP contribution in [0.25, 0.3) is 5.65 Å². The molecular weight excluding hydrogens is 487 g/mol. The summed E-state index contributed by atoms with van der Waals surface area (Å²) in [5.41, 5.74) is 2.48. The van der Waals surface area contributed by atoms with Gasteiger partial charge in [0.05, 0.1) is 5.56 Å². The number of para-hydroxylation sites is 1. The molecule has 5 nitrogen and oxygen atoms in total. The molecule has 9 heteroatoms. The van der Waals surface area contributed by atoms with Crippen LogP contribution in [0.4, 0.5) is 13.2 Å². The van der Waals surface area contributed by atoms with Crippen LogP contribution in [0, 0.1) is 0 Å². The van der Waals surface area contributed by atoms with E-state index < -0.39 is 11.7 Å². The van der Waals surface area contributed by atoms with E-state index in [1.807, 2.05) is 35.6 Å². The Hall–Kier alpha value is -3.46. The fourth-order valence-corrected chi connectivity index (χ4v) is 4.56. The molecular formula is C27H26F3N3O2S. The maximum Gasteiger partial charge on any atom is 0.419 e. The van der Waals surface area contributed by atoms with Gasteiger partial charge in [-0.3, -0.25) is 4.79 Å². The number of aromatic nitrogens is 2. The Morgan fingerprint density at radius 2 is 1.83 bits per heavy atom. The lowest BCUT2D eigenvalue weighted by molar-refractivity contribution is -0.139. The summed E-state index contributed by atoms with van der Waals surface area (Å²) in [6.07, 6.45) is -2.17. The summed E-state index contributed by atoms with van der Waals surface area (Å²) in [6.45, 7) is 4.31. The van der Waals surface area contributed by atoms with Gasteiger partial charge in [0, 0.05) is 28.9 Å². The van der Waals surface area contributed by atoms with Gasteiger partial charge in [-0.15, -0.1) is 11.8 Å². The number of fused-ring (bicyclic) bond motifs is 1. The Morgan fingerprint density at radius 3 is 2.53 bits per heavy atom. The fraction of sp³-hybridized carbons (Fsp3) is 0.259. The molecule has 1 amide bonds. The molecule has 0 aliphatic heterocycles. The zero-order valence-electron chi connectivity index (χ0n) is 19.9. The van der Waals surface area contributed by atoms with Crippen LogP contribution in [0.1, 0.15) is 46.7 Å². The van der Waals surface area contributed by atoms with Gasteiger partial charge in [0.2, 0.25) is 0 Å². The first-order valence-electron chi connectivity index (χ1n) is 11.6. The fourth-order valence-electron chi connectivity index (χ4n) is 3.90. The van der Waals surface area contributed by atoms with Crippen LogP contribution >= 0.6 is 11.8 Å². The van der Waals surface area contributed by atoms with Crippen molar-refractivity contribution in [3.63, 3.8) is 0 Å². The minimum atomic E-state index is -4.51. The summed E-state index contributed by atoms with van der Waals surface area (Å²) < 4.78 is 47.2. The van der Waals surface area contributed by atoms with Gasteiger partial charge in [-0.25, -0.2) is 4.98 Å². The molecule has 0 bridgehead atoms. The summed E-state index contributed by atoms with van der Waals surface area (Å²) in [5, 5.41) is 2.92. The summed E-state index contributed by atoms with van der Waals surface area (Å²) in [4.78, 5) is 18.5. The predicted octanol–water partition coefficient (Wildman–Crippen LogP) is 6.54. The highest BCUT2D eigenvalue weighted by atomic mass is 32.2. The SMILES string of the molecule is CCSc1ccc(CNC(=O)c2ccn3c(CC)c(COc4ccccc4C(F)(F)F)nc3c2)cc1. The molecule has 36 heavy (non-hydrogen) atoms. The van der Waals surface area contributed by atoms with Gasteiger partial charge in [-0.05, 0) is 54.1 Å². The number of rotatable bonds is 9. The zero-order valence-corrected chi connectivity index (χ0v) is 20.7. The molecule has 4 aromatic rings. The van der Waals surface area contributed by atoms with E-state index in [-0.39, 0.29) is 18.3 Å². The Bertz CT molecular complexity index is 1350. The summed E-state index contributed by atoms with van der Waals surface area (Å²) in [5.74, 6) is 0.522. The van der Waals surface area contributed by atoms with Crippen LogP contribution in [-0.2, 0) is 25.7 Å². The van der Waals surface area contributed by atoms with Crippen molar-refractivity contribution < 1.29 is 22.7 Å². The molecule has 2 aromatic heterocycles. The first-order chi connectivity index (χ1) is 17.3. The highest BCUT2D eigenvalue weighted by Gasteiger charge is 2.34. The molecule has 0 saturated heterocycles. The lowest BCUT2D eigenvalue weighted by atomic mass is 10.2. The van der Waals surface area contributed by atoms with E-state index in [1.165, 1.54) is 23.1 Å². The number of pyridine rings is 1. The van der Waals surface area contributed by atoms with Crippen molar-refractivity contribution in [3.05, 3.63) is 94.9 Å². The normalized spacial score (nSPS) is 11.6. The molecule has 188 valence electrons. The van der Waals surface area contributed by atoms with Gasteiger partial charge < -0.3 is 14.5 Å². The van der Waals surface area contributed by atoms with E-state index in [2.05, 4.69) is 17.2 Å². The number of carbonyl (C=O) groups excluding carboxylic acids is 1. The predicted molar refractivity (Wildman–Crippen MR) is 134 cm³/mol.